The SMILES string of the molecule is COc1ccc(CN(C(=O)c2cc(C(F)(F)F)cc(C(F)(F)F)c2)C(C)C)cc1OS(C)(=O)=O. The molecule has 0 unspecified atom stereocenters. The molecular weight excluding hydrogens is 492 g/mol. The highest BCUT2D eigenvalue weighted by Gasteiger charge is 2.38. The van der Waals surface area contributed by atoms with Gasteiger partial charge in [0.05, 0.1) is 24.5 Å². The Hall–Kier alpha value is -2.96. The first-order valence-corrected chi connectivity index (χ1v) is 11.4. The summed E-state index contributed by atoms with van der Waals surface area (Å²) in [5.74, 6) is -1.21. The van der Waals surface area contributed by atoms with Gasteiger partial charge in [0.25, 0.3) is 5.91 Å². The molecule has 0 aliphatic heterocycles. The molecule has 2 rings (SSSR count). The van der Waals surface area contributed by atoms with Crippen molar-refractivity contribution in [2.24, 2.45) is 0 Å². The largest absolute Gasteiger partial charge is 0.493 e. The molecule has 0 N–H and O–H groups in total. The Bertz CT molecular complexity index is 1130. The lowest BCUT2D eigenvalue weighted by atomic mass is 10.0. The molecule has 1 amide bonds. The van der Waals surface area contributed by atoms with Crippen LogP contribution in [0.4, 0.5) is 26.3 Å². The van der Waals surface area contributed by atoms with Gasteiger partial charge in [-0.1, -0.05) is 6.07 Å². The maximum atomic E-state index is 13.2. The van der Waals surface area contributed by atoms with Gasteiger partial charge >= 0.3 is 22.5 Å². The first-order valence-electron chi connectivity index (χ1n) is 9.59. The van der Waals surface area contributed by atoms with E-state index in [1.165, 1.54) is 39.2 Å². The number of ether oxygens (including phenoxy) is 1. The zero-order chi connectivity index (χ0) is 26.1. The molecule has 13 heteroatoms. The van der Waals surface area contributed by atoms with Crippen molar-refractivity contribution in [3.05, 3.63) is 58.7 Å². The van der Waals surface area contributed by atoms with Crippen molar-refractivity contribution >= 4 is 16.0 Å². The topological polar surface area (TPSA) is 72.9 Å². The van der Waals surface area contributed by atoms with Gasteiger partial charge in [0.1, 0.15) is 0 Å². The van der Waals surface area contributed by atoms with Crippen molar-refractivity contribution in [1.82, 2.24) is 4.90 Å². The zero-order valence-electron chi connectivity index (χ0n) is 18.4. The highest BCUT2D eigenvalue weighted by molar-refractivity contribution is 7.86. The summed E-state index contributed by atoms with van der Waals surface area (Å²) in [5.41, 5.74) is -3.72. The smallest absolute Gasteiger partial charge is 0.416 e. The number of nitrogens with zero attached hydrogens (tertiary/aromatic N) is 1. The van der Waals surface area contributed by atoms with Crippen LogP contribution in [0.25, 0.3) is 0 Å². The van der Waals surface area contributed by atoms with Gasteiger partial charge in [0, 0.05) is 18.2 Å². The molecule has 0 atom stereocenters. The second-order valence-electron chi connectivity index (χ2n) is 7.59. The van der Waals surface area contributed by atoms with Crippen molar-refractivity contribution in [3.63, 3.8) is 0 Å². The van der Waals surface area contributed by atoms with Gasteiger partial charge < -0.3 is 13.8 Å². The van der Waals surface area contributed by atoms with Crippen LogP contribution in [0.3, 0.4) is 0 Å². The number of methoxy groups -OCH3 is 1. The van der Waals surface area contributed by atoms with E-state index < -0.39 is 51.1 Å². The number of rotatable bonds is 7. The first kappa shape index (κ1) is 27.3. The molecule has 2 aromatic rings. The summed E-state index contributed by atoms with van der Waals surface area (Å²) in [6, 6.07) is 4.07. The molecule has 6 nitrogen and oxygen atoms in total. The van der Waals surface area contributed by atoms with Gasteiger partial charge in [0.2, 0.25) is 0 Å². The minimum atomic E-state index is -5.10. The van der Waals surface area contributed by atoms with Crippen LogP contribution in [0.5, 0.6) is 11.5 Å². The maximum absolute atomic E-state index is 13.2. The molecule has 0 heterocycles. The fraction of sp³-hybridized carbons (Fsp3) is 0.381. The summed E-state index contributed by atoms with van der Waals surface area (Å²) in [6.07, 6.45) is -9.41. The molecule has 0 saturated carbocycles. The molecule has 34 heavy (non-hydrogen) atoms. The number of benzene rings is 2. The summed E-state index contributed by atoms with van der Waals surface area (Å²) in [5, 5.41) is 0. The Balaban J connectivity index is 2.51. The van der Waals surface area contributed by atoms with Gasteiger partial charge in [0.15, 0.2) is 11.5 Å². The van der Waals surface area contributed by atoms with Crippen molar-refractivity contribution in [2.75, 3.05) is 13.4 Å². The average Bonchev–Trinajstić information content (AvgIpc) is 2.68. The Labute approximate surface area is 192 Å². The summed E-state index contributed by atoms with van der Waals surface area (Å²) in [7, 11) is -2.68. The third-order valence-corrected chi connectivity index (χ3v) is 5.02. The van der Waals surface area contributed by atoms with Crippen LogP contribution in [-0.2, 0) is 29.0 Å². The van der Waals surface area contributed by atoms with E-state index in [-0.39, 0.29) is 24.1 Å². The molecule has 2 aromatic carbocycles. The standard InChI is InChI=1S/C21H21F6NO5S/c1-12(2)28(11-13-5-6-17(32-3)18(7-13)33-34(4,30)31)19(29)14-8-15(20(22,23)24)10-16(9-14)21(25,26)27/h5-10,12H,11H2,1-4H3. The van der Waals surface area contributed by atoms with Gasteiger partial charge in [-0.15, -0.1) is 0 Å². The second kappa shape index (κ2) is 9.72. The van der Waals surface area contributed by atoms with Crippen molar-refractivity contribution in [2.45, 2.75) is 38.8 Å². The van der Waals surface area contributed by atoms with E-state index >= 15 is 0 Å². The molecule has 0 fully saturated rings. The molecular formula is C21H21F6NO5S. The minimum absolute atomic E-state index is 0.0595. The van der Waals surface area contributed by atoms with Crippen LogP contribution < -0.4 is 8.92 Å². The monoisotopic (exact) mass is 513 g/mol. The van der Waals surface area contributed by atoms with E-state index in [1.54, 1.807) is 0 Å². The highest BCUT2D eigenvalue weighted by Crippen LogP contribution is 2.37. The zero-order valence-corrected chi connectivity index (χ0v) is 19.2. The average molecular weight is 513 g/mol. The number of carbonyl (C=O) groups is 1. The Morgan fingerprint density at radius 3 is 1.88 bits per heavy atom. The van der Waals surface area contributed by atoms with Crippen molar-refractivity contribution in [1.29, 1.82) is 0 Å². The minimum Gasteiger partial charge on any atom is -0.493 e. The lowest BCUT2D eigenvalue weighted by molar-refractivity contribution is -0.143. The van der Waals surface area contributed by atoms with E-state index in [1.807, 2.05) is 0 Å². The van der Waals surface area contributed by atoms with Crippen molar-refractivity contribution in [3.8, 4) is 11.5 Å². The predicted octanol–water partition coefficient (Wildman–Crippen LogP) is 5.12. The van der Waals surface area contributed by atoms with Crippen LogP contribution in [0.1, 0.15) is 40.9 Å². The van der Waals surface area contributed by atoms with Gasteiger partial charge in [-0.3, -0.25) is 4.79 Å². The summed E-state index contributed by atoms with van der Waals surface area (Å²) < 4.78 is 112. The van der Waals surface area contributed by atoms with Gasteiger partial charge in [-0.05, 0) is 49.7 Å². The quantitative estimate of drug-likeness (QED) is 0.380. The summed E-state index contributed by atoms with van der Waals surface area (Å²) >= 11 is 0. The lowest BCUT2D eigenvalue weighted by Gasteiger charge is -2.28. The molecule has 0 aliphatic carbocycles. The van der Waals surface area contributed by atoms with E-state index in [4.69, 9.17) is 8.92 Å². The number of halogens is 6. The van der Waals surface area contributed by atoms with E-state index in [0.29, 0.717) is 17.7 Å². The van der Waals surface area contributed by atoms with E-state index in [2.05, 4.69) is 0 Å². The molecule has 0 bridgehead atoms. The Morgan fingerprint density at radius 2 is 1.47 bits per heavy atom. The predicted molar refractivity (Wildman–Crippen MR) is 110 cm³/mol. The molecule has 0 aromatic heterocycles. The highest BCUT2D eigenvalue weighted by atomic mass is 32.2. The Morgan fingerprint density at radius 1 is 0.941 bits per heavy atom. The second-order valence-corrected chi connectivity index (χ2v) is 9.17. The molecule has 0 spiro atoms. The number of hydrogen-bond donors (Lipinski definition) is 0. The third-order valence-electron chi connectivity index (χ3n) is 4.54. The normalized spacial score (nSPS) is 12.6. The van der Waals surface area contributed by atoms with Crippen LogP contribution in [0.15, 0.2) is 36.4 Å². The summed E-state index contributed by atoms with van der Waals surface area (Å²) in [4.78, 5) is 14.1. The van der Waals surface area contributed by atoms with Crippen molar-refractivity contribution < 1.29 is 48.5 Å². The Kier molecular flexibility index (Phi) is 7.80. The van der Waals surface area contributed by atoms with Gasteiger partial charge in [-0.2, -0.15) is 34.8 Å². The number of hydrogen-bond acceptors (Lipinski definition) is 5. The van der Waals surface area contributed by atoms with E-state index in [9.17, 15) is 39.6 Å². The van der Waals surface area contributed by atoms with Gasteiger partial charge in [-0.25, -0.2) is 0 Å². The third kappa shape index (κ3) is 7.02. The van der Waals surface area contributed by atoms with Crippen LogP contribution in [0, 0.1) is 0 Å². The number of amides is 1. The van der Waals surface area contributed by atoms with E-state index in [0.717, 1.165) is 11.2 Å². The molecule has 0 saturated heterocycles. The summed E-state index contributed by atoms with van der Waals surface area (Å²) in [6.45, 7) is 2.78. The van der Waals surface area contributed by atoms with Crippen LogP contribution in [0.2, 0.25) is 0 Å². The fourth-order valence-electron chi connectivity index (χ4n) is 2.98. The first-order chi connectivity index (χ1) is 15.4. The van der Waals surface area contributed by atoms with Crippen LogP contribution >= 0.6 is 0 Å². The molecule has 0 radical (unpaired) electrons. The van der Waals surface area contributed by atoms with Crippen LogP contribution in [-0.4, -0.2) is 38.6 Å². The molecule has 188 valence electrons. The molecule has 0 aliphatic rings. The lowest BCUT2D eigenvalue weighted by Crippen LogP contribution is -2.36. The maximum Gasteiger partial charge on any atom is 0.416 e. The fourth-order valence-corrected chi connectivity index (χ4v) is 3.43. The number of carbonyl (C=O) groups excluding carboxylic acids is 1. The number of alkyl halides is 6.